The molecule has 0 radical (unpaired) electrons. The van der Waals surface area contributed by atoms with Gasteiger partial charge in [0.1, 0.15) is 5.75 Å². The van der Waals surface area contributed by atoms with Crippen LogP contribution in [0.4, 0.5) is 0 Å². The maximum atomic E-state index is 13.2. The third-order valence-corrected chi connectivity index (χ3v) is 5.36. The Morgan fingerprint density at radius 1 is 0.794 bits per heavy atom. The fourth-order valence-electron chi connectivity index (χ4n) is 3.55. The van der Waals surface area contributed by atoms with Gasteiger partial charge in [-0.1, -0.05) is 36.4 Å². The van der Waals surface area contributed by atoms with E-state index < -0.39 is 17.1 Å². The lowest BCUT2D eigenvalue weighted by Crippen LogP contribution is -2.48. The van der Waals surface area contributed by atoms with Crippen LogP contribution in [0.5, 0.6) is 17.2 Å². The fourth-order valence-corrected chi connectivity index (χ4v) is 3.55. The number of hydrogen-bond acceptors (Lipinski definition) is 6. The van der Waals surface area contributed by atoms with Crippen molar-refractivity contribution < 1.29 is 14.2 Å². The minimum Gasteiger partial charge on any atom is -0.489 e. The van der Waals surface area contributed by atoms with E-state index in [4.69, 9.17) is 14.2 Å². The Hall–Kier alpha value is -4.37. The second kappa shape index (κ2) is 9.24. The van der Waals surface area contributed by atoms with Gasteiger partial charge in [0.15, 0.2) is 11.5 Å². The van der Waals surface area contributed by atoms with Crippen LogP contribution in [0.1, 0.15) is 0 Å². The van der Waals surface area contributed by atoms with Crippen molar-refractivity contribution in [2.75, 3.05) is 19.8 Å². The summed E-state index contributed by atoms with van der Waals surface area (Å²) >= 11 is 0. The Kier molecular flexibility index (Phi) is 5.84. The van der Waals surface area contributed by atoms with E-state index in [2.05, 4.69) is 4.98 Å². The van der Waals surface area contributed by atoms with E-state index in [1.807, 2.05) is 30.3 Å². The highest BCUT2D eigenvalue weighted by molar-refractivity contribution is 5.50. The highest BCUT2D eigenvalue weighted by Gasteiger charge is 2.21. The lowest BCUT2D eigenvalue weighted by Gasteiger charge is -2.26. The molecular formula is C25H21N3O6. The molecule has 0 saturated carbocycles. The lowest BCUT2D eigenvalue weighted by atomic mass is 10.1. The summed E-state index contributed by atoms with van der Waals surface area (Å²) < 4.78 is 19.0. The summed E-state index contributed by atoms with van der Waals surface area (Å²) in [6, 6.07) is 22.3. The third kappa shape index (κ3) is 4.28. The summed E-state index contributed by atoms with van der Waals surface area (Å²) in [6.07, 6.45) is 0. The van der Waals surface area contributed by atoms with Gasteiger partial charge in [-0.2, -0.15) is 0 Å². The summed E-state index contributed by atoms with van der Waals surface area (Å²) in [4.78, 5) is 40.5. The first-order valence-electron chi connectivity index (χ1n) is 10.7. The molecule has 0 atom stereocenters. The molecule has 9 nitrogen and oxygen atoms in total. The number of hydrogen-bond donors (Lipinski definition) is 1. The highest BCUT2D eigenvalue weighted by Crippen LogP contribution is 2.33. The van der Waals surface area contributed by atoms with Crippen molar-refractivity contribution >= 4 is 0 Å². The van der Waals surface area contributed by atoms with E-state index in [-0.39, 0.29) is 11.6 Å². The molecule has 2 heterocycles. The van der Waals surface area contributed by atoms with E-state index in [0.29, 0.717) is 42.8 Å². The quantitative estimate of drug-likeness (QED) is 0.455. The molecule has 5 rings (SSSR count). The number of aromatic nitrogens is 3. The van der Waals surface area contributed by atoms with E-state index in [1.165, 1.54) is 0 Å². The molecule has 0 unspecified atom stereocenters. The van der Waals surface area contributed by atoms with Crippen molar-refractivity contribution in [1.29, 1.82) is 0 Å². The van der Waals surface area contributed by atoms with Gasteiger partial charge >= 0.3 is 17.1 Å². The number of benzene rings is 3. The zero-order valence-corrected chi connectivity index (χ0v) is 18.0. The normalized spacial score (nSPS) is 13.3. The van der Waals surface area contributed by atoms with Crippen LogP contribution in [0.25, 0.3) is 11.4 Å². The monoisotopic (exact) mass is 459 g/mol. The summed E-state index contributed by atoms with van der Waals surface area (Å²) in [5.41, 5.74) is -1.89. The summed E-state index contributed by atoms with van der Waals surface area (Å²) in [6.45, 7) is 1.61. The van der Waals surface area contributed by atoms with E-state index in [0.717, 1.165) is 9.13 Å². The smallest absolute Gasteiger partial charge is 0.345 e. The van der Waals surface area contributed by atoms with Gasteiger partial charge in [-0.25, -0.2) is 23.5 Å². The number of nitrogens with zero attached hydrogens (tertiary/aromatic N) is 2. The van der Waals surface area contributed by atoms with E-state index in [9.17, 15) is 14.4 Å². The molecule has 3 aromatic carbocycles. The van der Waals surface area contributed by atoms with Crippen LogP contribution < -0.4 is 26.5 Å². The molecule has 0 spiro atoms. The van der Waals surface area contributed by atoms with Crippen LogP contribution in [0.2, 0.25) is 0 Å². The Morgan fingerprint density at radius 3 is 2.09 bits per heavy atom. The molecule has 1 aliphatic rings. The molecule has 0 bridgehead atoms. The van der Waals surface area contributed by atoms with Crippen molar-refractivity contribution in [3.8, 4) is 28.6 Å². The first-order valence-corrected chi connectivity index (χ1v) is 10.7. The molecule has 0 aliphatic carbocycles. The number of rotatable bonds is 7. The SMILES string of the molecule is O=c1[nH]c(=O)n(-c2ccc(Oc3ccccc3)c(OCC3COC3)c2)c(=O)n1-c1ccccc1. The molecule has 1 saturated heterocycles. The van der Waals surface area contributed by atoms with Crippen LogP contribution in [0, 0.1) is 5.92 Å². The van der Waals surface area contributed by atoms with Crippen molar-refractivity contribution in [3.63, 3.8) is 0 Å². The molecule has 1 fully saturated rings. The molecule has 0 amide bonds. The van der Waals surface area contributed by atoms with Gasteiger partial charge < -0.3 is 14.2 Å². The molecule has 172 valence electrons. The van der Waals surface area contributed by atoms with Crippen LogP contribution in [0.15, 0.2) is 93.2 Å². The van der Waals surface area contributed by atoms with Crippen LogP contribution in [-0.2, 0) is 4.74 Å². The standard InChI is InChI=1S/C25H21N3O6/c29-23-26-24(30)28(25(31)27(23)18-7-3-1-4-8-18)19-11-12-21(34-20-9-5-2-6-10-20)22(13-19)33-16-17-14-32-15-17/h1-13,17H,14-16H2,(H,26,29,30). The molecule has 1 N–H and O–H groups in total. The molecule has 1 aliphatic heterocycles. The number of ether oxygens (including phenoxy) is 3. The number of para-hydroxylation sites is 2. The minimum atomic E-state index is -0.850. The number of nitrogens with one attached hydrogen (secondary N) is 1. The fraction of sp³-hybridized carbons (Fsp3) is 0.160. The molecular weight excluding hydrogens is 438 g/mol. The summed E-state index contributed by atoms with van der Waals surface area (Å²) in [5.74, 6) is 1.65. The molecule has 34 heavy (non-hydrogen) atoms. The van der Waals surface area contributed by atoms with Gasteiger partial charge in [-0.3, -0.25) is 4.98 Å². The third-order valence-electron chi connectivity index (χ3n) is 5.36. The van der Waals surface area contributed by atoms with Gasteiger partial charge in [-0.15, -0.1) is 0 Å². The summed E-state index contributed by atoms with van der Waals surface area (Å²) in [7, 11) is 0. The molecule has 4 aromatic rings. The average Bonchev–Trinajstić information content (AvgIpc) is 2.80. The Balaban J connectivity index is 1.59. The Bertz CT molecular complexity index is 1470. The Morgan fingerprint density at radius 2 is 1.44 bits per heavy atom. The predicted octanol–water partition coefficient (Wildman–Crippen LogP) is 2.49. The van der Waals surface area contributed by atoms with Gasteiger partial charge in [0.25, 0.3) is 0 Å². The van der Waals surface area contributed by atoms with Crippen molar-refractivity contribution in [1.82, 2.24) is 14.1 Å². The molecule has 9 heteroatoms. The predicted molar refractivity (Wildman–Crippen MR) is 125 cm³/mol. The van der Waals surface area contributed by atoms with Crippen LogP contribution in [0.3, 0.4) is 0 Å². The van der Waals surface area contributed by atoms with Gasteiger partial charge in [0, 0.05) is 12.0 Å². The maximum absolute atomic E-state index is 13.2. The van der Waals surface area contributed by atoms with Crippen molar-refractivity contribution in [2.24, 2.45) is 5.92 Å². The van der Waals surface area contributed by atoms with Gasteiger partial charge in [0.05, 0.1) is 31.2 Å². The first-order chi connectivity index (χ1) is 16.6. The van der Waals surface area contributed by atoms with Crippen LogP contribution >= 0.6 is 0 Å². The average molecular weight is 459 g/mol. The second-order valence-corrected chi connectivity index (χ2v) is 7.78. The largest absolute Gasteiger partial charge is 0.489 e. The van der Waals surface area contributed by atoms with Crippen LogP contribution in [-0.4, -0.2) is 33.9 Å². The Labute approximate surface area is 193 Å². The topological polar surface area (TPSA) is 105 Å². The highest BCUT2D eigenvalue weighted by atomic mass is 16.5. The zero-order valence-electron chi connectivity index (χ0n) is 18.0. The lowest BCUT2D eigenvalue weighted by molar-refractivity contribution is -0.0510. The van der Waals surface area contributed by atoms with E-state index >= 15 is 0 Å². The number of H-pyrrole nitrogens is 1. The second-order valence-electron chi connectivity index (χ2n) is 7.78. The minimum absolute atomic E-state index is 0.233. The van der Waals surface area contributed by atoms with Crippen molar-refractivity contribution in [2.45, 2.75) is 0 Å². The van der Waals surface area contributed by atoms with E-state index in [1.54, 1.807) is 48.5 Å². The first kappa shape index (κ1) is 21.5. The maximum Gasteiger partial charge on any atom is 0.345 e. The number of aromatic amines is 1. The summed E-state index contributed by atoms with van der Waals surface area (Å²) in [5, 5.41) is 0. The van der Waals surface area contributed by atoms with Gasteiger partial charge in [0.2, 0.25) is 0 Å². The zero-order chi connectivity index (χ0) is 23.5. The van der Waals surface area contributed by atoms with Gasteiger partial charge in [-0.05, 0) is 36.4 Å². The molecule has 1 aromatic heterocycles. The van der Waals surface area contributed by atoms with Crippen molar-refractivity contribution in [3.05, 3.63) is 110 Å².